The van der Waals surface area contributed by atoms with Crippen LogP contribution < -0.4 is 14.2 Å². The number of esters is 1. The topological polar surface area (TPSA) is 54.0 Å². The van der Waals surface area contributed by atoms with Gasteiger partial charge in [0.15, 0.2) is 11.5 Å². The largest absolute Gasteiger partial charge is 0.493 e. The Labute approximate surface area is 158 Å². The van der Waals surface area contributed by atoms with Gasteiger partial charge in [-0.25, -0.2) is 4.79 Å². The summed E-state index contributed by atoms with van der Waals surface area (Å²) in [6, 6.07) is 21.8. The number of ether oxygens (including phenoxy) is 4. The van der Waals surface area contributed by atoms with E-state index in [9.17, 15) is 4.79 Å². The molecule has 0 radical (unpaired) electrons. The third-order valence-corrected chi connectivity index (χ3v) is 3.87. The Bertz CT molecular complexity index is 906. The van der Waals surface area contributed by atoms with Crippen molar-refractivity contribution in [1.82, 2.24) is 0 Å². The average Bonchev–Trinajstić information content (AvgIpc) is 2.72. The zero-order chi connectivity index (χ0) is 19.1. The Morgan fingerprint density at radius 1 is 0.778 bits per heavy atom. The van der Waals surface area contributed by atoms with Crippen molar-refractivity contribution in [3.63, 3.8) is 0 Å². The molecule has 0 spiro atoms. The maximum atomic E-state index is 12.3. The highest BCUT2D eigenvalue weighted by atomic mass is 16.5. The first kappa shape index (κ1) is 18.3. The second kappa shape index (κ2) is 8.76. The van der Waals surface area contributed by atoms with Crippen LogP contribution >= 0.6 is 0 Å². The first-order valence-electron chi connectivity index (χ1n) is 8.40. The molecular formula is C22H20O5. The molecule has 5 heteroatoms. The van der Waals surface area contributed by atoms with Crippen LogP contribution in [0.25, 0.3) is 0 Å². The Kier molecular flexibility index (Phi) is 5.94. The summed E-state index contributed by atoms with van der Waals surface area (Å²) in [6.07, 6.45) is 0. The SMILES string of the molecule is COc1ccc(C(=O)OCc2cccc(Oc3ccccc3)c2)cc1OC. The molecule has 138 valence electrons. The van der Waals surface area contributed by atoms with Crippen molar-refractivity contribution in [1.29, 1.82) is 0 Å². The summed E-state index contributed by atoms with van der Waals surface area (Å²) in [7, 11) is 3.06. The second-order valence-electron chi connectivity index (χ2n) is 5.71. The minimum atomic E-state index is -0.440. The van der Waals surface area contributed by atoms with Gasteiger partial charge >= 0.3 is 5.97 Å². The summed E-state index contributed by atoms with van der Waals surface area (Å²) in [5.74, 6) is 2.02. The van der Waals surface area contributed by atoms with Crippen molar-refractivity contribution in [2.45, 2.75) is 6.61 Å². The summed E-state index contributed by atoms with van der Waals surface area (Å²) in [5, 5.41) is 0. The molecule has 0 aliphatic carbocycles. The molecule has 0 saturated carbocycles. The highest BCUT2D eigenvalue weighted by molar-refractivity contribution is 5.90. The first-order valence-corrected chi connectivity index (χ1v) is 8.40. The van der Waals surface area contributed by atoms with E-state index >= 15 is 0 Å². The van der Waals surface area contributed by atoms with E-state index in [0.717, 1.165) is 11.3 Å². The normalized spacial score (nSPS) is 10.1. The van der Waals surface area contributed by atoms with Gasteiger partial charge in [0.05, 0.1) is 19.8 Å². The standard InChI is InChI=1S/C22H20O5/c1-24-20-12-11-17(14-21(20)25-2)22(23)26-15-16-7-6-10-19(13-16)27-18-8-4-3-5-9-18/h3-14H,15H2,1-2H3. The monoisotopic (exact) mass is 364 g/mol. The first-order chi connectivity index (χ1) is 13.2. The van der Waals surface area contributed by atoms with Crippen LogP contribution in [-0.2, 0) is 11.3 Å². The van der Waals surface area contributed by atoms with Crippen LogP contribution in [-0.4, -0.2) is 20.2 Å². The Hall–Kier alpha value is -3.47. The van der Waals surface area contributed by atoms with Gasteiger partial charge in [0.2, 0.25) is 0 Å². The number of para-hydroxylation sites is 1. The lowest BCUT2D eigenvalue weighted by atomic mass is 10.2. The third-order valence-electron chi connectivity index (χ3n) is 3.87. The van der Waals surface area contributed by atoms with Gasteiger partial charge in [-0.1, -0.05) is 30.3 Å². The number of rotatable bonds is 7. The third kappa shape index (κ3) is 4.79. The predicted octanol–water partition coefficient (Wildman–Crippen LogP) is 4.85. The van der Waals surface area contributed by atoms with Crippen molar-refractivity contribution in [3.05, 3.63) is 83.9 Å². The molecule has 27 heavy (non-hydrogen) atoms. The molecule has 0 bridgehead atoms. The number of methoxy groups -OCH3 is 2. The fourth-order valence-corrected chi connectivity index (χ4v) is 2.52. The van der Waals surface area contributed by atoms with Crippen LogP contribution in [0.3, 0.4) is 0 Å². The smallest absolute Gasteiger partial charge is 0.338 e. The maximum absolute atomic E-state index is 12.3. The minimum absolute atomic E-state index is 0.138. The van der Waals surface area contributed by atoms with Crippen LogP contribution in [0.5, 0.6) is 23.0 Å². The number of hydrogen-bond acceptors (Lipinski definition) is 5. The molecule has 0 saturated heterocycles. The van der Waals surface area contributed by atoms with Gasteiger partial charge in [-0.3, -0.25) is 0 Å². The summed E-state index contributed by atoms with van der Waals surface area (Å²) >= 11 is 0. The molecule has 5 nitrogen and oxygen atoms in total. The zero-order valence-electron chi connectivity index (χ0n) is 15.2. The maximum Gasteiger partial charge on any atom is 0.338 e. The fourth-order valence-electron chi connectivity index (χ4n) is 2.52. The molecule has 0 N–H and O–H groups in total. The van der Waals surface area contributed by atoms with Crippen molar-refractivity contribution < 1.29 is 23.7 Å². The van der Waals surface area contributed by atoms with Gasteiger partial charge < -0.3 is 18.9 Å². The van der Waals surface area contributed by atoms with E-state index in [0.29, 0.717) is 22.8 Å². The Morgan fingerprint density at radius 3 is 2.26 bits per heavy atom. The van der Waals surface area contributed by atoms with Crippen LogP contribution in [0, 0.1) is 0 Å². The highest BCUT2D eigenvalue weighted by Gasteiger charge is 2.12. The van der Waals surface area contributed by atoms with Crippen LogP contribution in [0.4, 0.5) is 0 Å². The van der Waals surface area contributed by atoms with Crippen LogP contribution in [0.1, 0.15) is 15.9 Å². The second-order valence-corrected chi connectivity index (χ2v) is 5.71. The van der Waals surface area contributed by atoms with E-state index in [-0.39, 0.29) is 6.61 Å². The zero-order valence-corrected chi connectivity index (χ0v) is 15.2. The molecule has 0 heterocycles. The van der Waals surface area contributed by atoms with Gasteiger partial charge in [0, 0.05) is 0 Å². The lowest BCUT2D eigenvalue weighted by Crippen LogP contribution is -2.06. The lowest BCUT2D eigenvalue weighted by Gasteiger charge is -2.10. The molecular weight excluding hydrogens is 344 g/mol. The quantitative estimate of drug-likeness (QED) is 0.561. The average molecular weight is 364 g/mol. The van der Waals surface area contributed by atoms with Gasteiger partial charge in [-0.05, 0) is 48.0 Å². The van der Waals surface area contributed by atoms with E-state index in [4.69, 9.17) is 18.9 Å². The molecule has 0 unspecified atom stereocenters. The van der Waals surface area contributed by atoms with Gasteiger partial charge in [-0.15, -0.1) is 0 Å². The molecule has 0 fully saturated rings. The van der Waals surface area contributed by atoms with Gasteiger partial charge in [0.25, 0.3) is 0 Å². The number of benzene rings is 3. The van der Waals surface area contributed by atoms with Gasteiger partial charge in [-0.2, -0.15) is 0 Å². The van der Waals surface area contributed by atoms with E-state index < -0.39 is 5.97 Å². The summed E-state index contributed by atoms with van der Waals surface area (Å²) in [6.45, 7) is 0.138. The van der Waals surface area contributed by atoms with Crippen molar-refractivity contribution in [2.75, 3.05) is 14.2 Å². The fraction of sp³-hybridized carbons (Fsp3) is 0.136. The van der Waals surface area contributed by atoms with Crippen molar-refractivity contribution in [3.8, 4) is 23.0 Å². The molecule has 3 aromatic rings. The lowest BCUT2D eigenvalue weighted by molar-refractivity contribution is 0.0472. The highest BCUT2D eigenvalue weighted by Crippen LogP contribution is 2.28. The van der Waals surface area contributed by atoms with E-state index in [2.05, 4.69) is 0 Å². The van der Waals surface area contributed by atoms with E-state index in [1.54, 1.807) is 25.3 Å². The summed E-state index contributed by atoms with van der Waals surface area (Å²) in [4.78, 5) is 12.3. The summed E-state index contributed by atoms with van der Waals surface area (Å²) in [5.41, 5.74) is 1.22. The molecule has 0 atom stereocenters. The molecule has 0 amide bonds. The molecule has 0 aromatic heterocycles. The number of hydrogen-bond donors (Lipinski definition) is 0. The number of carbonyl (C=O) groups excluding carboxylic acids is 1. The molecule has 3 aromatic carbocycles. The van der Waals surface area contributed by atoms with E-state index in [1.165, 1.54) is 7.11 Å². The van der Waals surface area contributed by atoms with E-state index in [1.807, 2.05) is 54.6 Å². The van der Waals surface area contributed by atoms with Gasteiger partial charge in [0.1, 0.15) is 18.1 Å². The van der Waals surface area contributed by atoms with Crippen molar-refractivity contribution >= 4 is 5.97 Å². The molecule has 0 aliphatic rings. The molecule has 0 aliphatic heterocycles. The predicted molar refractivity (Wildman–Crippen MR) is 102 cm³/mol. The number of carbonyl (C=O) groups is 1. The molecule has 3 rings (SSSR count). The van der Waals surface area contributed by atoms with Crippen LogP contribution in [0.2, 0.25) is 0 Å². The van der Waals surface area contributed by atoms with Crippen molar-refractivity contribution in [2.24, 2.45) is 0 Å². The summed E-state index contributed by atoms with van der Waals surface area (Å²) < 4.78 is 21.6. The Morgan fingerprint density at radius 2 is 1.52 bits per heavy atom. The Balaban J connectivity index is 1.64. The van der Waals surface area contributed by atoms with Crippen LogP contribution in [0.15, 0.2) is 72.8 Å². The minimum Gasteiger partial charge on any atom is -0.493 e.